The minimum Gasteiger partial charge on any atom is -0.496 e. The largest absolute Gasteiger partial charge is 0.496 e. The van der Waals surface area contributed by atoms with E-state index in [4.69, 9.17) is 9.47 Å². The molecule has 4 heteroatoms. The standard InChI is InChI=1S/C50H46N2O2/c1-35-7-21-42(22-8-35)51(43-23-9-36(2)10-24-43)46-29-16-39(17-30-46)15-18-41-33-50(54-6)48(34-49(41)53-5)40-19-31-47(32-20-40)52(44-25-11-37(3)12-26-44)45-27-13-38(4)14-28-45/h7-34H,1-6H3/b18-15+. The fourth-order valence-corrected chi connectivity index (χ4v) is 6.66. The van der Waals surface area contributed by atoms with E-state index in [1.807, 2.05) is 6.07 Å². The van der Waals surface area contributed by atoms with E-state index in [9.17, 15) is 0 Å². The van der Waals surface area contributed by atoms with Gasteiger partial charge in [-0.3, -0.25) is 0 Å². The number of rotatable bonds is 11. The molecule has 0 bridgehead atoms. The summed E-state index contributed by atoms with van der Waals surface area (Å²) in [6.45, 7) is 8.46. The highest BCUT2D eigenvalue weighted by Gasteiger charge is 2.16. The van der Waals surface area contributed by atoms with Gasteiger partial charge in [0.15, 0.2) is 0 Å². The normalized spacial score (nSPS) is 11.1. The molecular weight excluding hydrogens is 661 g/mol. The van der Waals surface area contributed by atoms with Crippen LogP contribution in [0.5, 0.6) is 11.5 Å². The SMILES string of the molecule is COc1cc(-c2ccc(N(c3ccc(C)cc3)c3ccc(C)cc3)cc2)c(OC)cc1/C=C/c1ccc(N(c2ccc(C)cc2)c2ccc(C)cc2)cc1. The molecule has 0 aliphatic heterocycles. The van der Waals surface area contributed by atoms with Crippen molar-refractivity contribution in [1.82, 2.24) is 0 Å². The van der Waals surface area contributed by atoms with Crippen LogP contribution in [0.15, 0.2) is 158 Å². The van der Waals surface area contributed by atoms with Gasteiger partial charge < -0.3 is 19.3 Å². The summed E-state index contributed by atoms with van der Waals surface area (Å²) >= 11 is 0. The molecule has 0 aromatic heterocycles. The van der Waals surface area contributed by atoms with Gasteiger partial charge in [0, 0.05) is 45.3 Å². The Morgan fingerprint density at radius 3 is 1.06 bits per heavy atom. The Morgan fingerprint density at radius 2 is 0.704 bits per heavy atom. The Morgan fingerprint density at radius 1 is 0.370 bits per heavy atom. The van der Waals surface area contributed by atoms with E-state index in [2.05, 4.69) is 201 Å². The van der Waals surface area contributed by atoms with E-state index in [1.165, 1.54) is 22.3 Å². The number of benzene rings is 7. The lowest BCUT2D eigenvalue weighted by Gasteiger charge is -2.26. The van der Waals surface area contributed by atoms with Crippen LogP contribution in [-0.2, 0) is 0 Å². The molecule has 0 amide bonds. The van der Waals surface area contributed by atoms with Gasteiger partial charge in [-0.05, 0) is 124 Å². The van der Waals surface area contributed by atoms with Crippen LogP contribution in [0.2, 0.25) is 0 Å². The Kier molecular flexibility index (Phi) is 10.6. The summed E-state index contributed by atoms with van der Waals surface area (Å²) in [6.07, 6.45) is 4.20. The van der Waals surface area contributed by atoms with Crippen LogP contribution in [-0.4, -0.2) is 14.2 Å². The highest BCUT2D eigenvalue weighted by molar-refractivity contribution is 5.83. The van der Waals surface area contributed by atoms with Crippen molar-refractivity contribution in [3.05, 3.63) is 191 Å². The Labute approximate surface area is 320 Å². The fraction of sp³-hybridized carbons (Fsp3) is 0.120. The summed E-state index contributed by atoms with van der Waals surface area (Å²) in [7, 11) is 3.43. The number of nitrogens with zero attached hydrogens (tertiary/aromatic N) is 2. The molecule has 4 nitrogen and oxygen atoms in total. The third-order valence-electron chi connectivity index (χ3n) is 9.76. The topological polar surface area (TPSA) is 24.9 Å². The molecule has 7 aromatic carbocycles. The maximum absolute atomic E-state index is 5.97. The van der Waals surface area contributed by atoms with Crippen molar-refractivity contribution in [2.24, 2.45) is 0 Å². The van der Waals surface area contributed by atoms with Crippen molar-refractivity contribution in [1.29, 1.82) is 0 Å². The molecule has 0 heterocycles. The van der Waals surface area contributed by atoms with E-state index >= 15 is 0 Å². The summed E-state index contributed by atoms with van der Waals surface area (Å²) in [6, 6.07) is 56.0. The van der Waals surface area contributed by atoms with Gasteiger partial charge in [0.1, 0.15) is 11.5 Å². The number of aryl methyl sites for hydroxylation is 4. The second-order valence-electron chi connectivity index (χ2n) is 13.8. The zero-order chi connectivity index (χ0) is 37.6. The van der Waals surface area contributed by atoms with Crippen molar-refractivity contribution in [3.8, 4) is 22.6 Å². The average molecular weight is 707 g/mol. The first-order valence-corrected chi connectivity index (χ1v) is 18.3. The number of anilines is 6. The van der Waals surface area contributed by atoms with Crippen molar-refractivity contribution < 1.29 is 9.47 Å². The predicted molar refractivity (Wildman–Crippen MR) is 229 cm³/mol. The monoisotopic (exact) mass is 706 g/mol. The molecule has 0 spiro atoms. The van der Waals surface area contributed by atoms with Gasteiger partial charge in [-0.2, -0.15) is 0 Å². The Hall–Kier alpha value is -6.52. The van der Waals surface area contributed by atoms with E-state index < -0.39 is 0 Å². The van der Waals surface area contributed by atoms with Crippen molar-refractivity contribution in [2.75, 3.05) is 24.0 Å². The first-order valence-electron chi connectivity index (χ1n) is 18.3. The smallest absolute Gasteiger partial charge is 0.127 e. The van der Waals surface area contributed by atoms with Gasteiger partial charge in [-0.25, -0.2) is 0 Å². The van der Waals surface area contributed by atoms with E-state index in [0.29, 0.717) is 0 Å². The molecular formula is C50H46N2O2. The van der Waals surface area contributed by atoms with Crippen LogP contribution in [0.25, 0.3) is 23.3 Å². The molecule has 0 unspecified atom stereocenters. The zero-order valence-electron chi connectivity index (χ0n) is 31.9. The molecule has 54 heavy (non-hydrogen) atoms. The van der Waals surface area contributed by atoms with Gasteiger partial charge in [-0.1, -0.05) is 107 Å². The van der Waals surface area contributed by atoms with E-state index in [-0.39, 0.29) is 0 Å². The number of hydrogen-bond acceptors (Lipinski definition) is 4. The molecule has 0 aliphatic carbocycles. The first kappa shape index (κ1) is 35.9. The second kappa shape index (κ2) is 16.0. The maximum atomic E-state index is 5.97. The molecule has 268 valence electrons. The quantitative estimate of drug-likeness (QED) is 0.125. The average Bonchev–Trinajstić information content (AvgIpc) is 3.20. The summed E-state index contributed by atoms with van der Waals surface area (Å²) in [5.41, 5.74) is 15.6. The third-order valence-corrected chi connectivity index (χ3v) is 9.76. The minimum atomic E-state index is 0.772. The highest BCUT2D eigenvalue weighted by atomic mass is 16.5. The van der Waals surface area contributed by atoms with Crippen molar-refractivity contribution in [3.63, 3.8) is 0 Å². The summed E-state index contributed by atoms with van der Waals surface area (Å²) in [5.74, 6) is 1.55. The highest BCUT2D eigenvalue weighted by Crippen LogP contribution is 2.40. The molecule has 0 saturated carbocycles. The van der Waals surface area contributed by atoms with Gasteiger partial charge >= 0.3 is 0 Å². The molecule has 0 atom stereocenters. The lowest BCUT2D eigenvalue weighted by Crippen LogP contribution is -2.09. The van der Waals surface area contributed by atoms with Crippen LogP contribution in [0.1, 0.15) is 33.4 Å². The summed E-state index contributed by atoms with van der Waals surface area (Å²) in [5, 5.41) is 0. The molecule has 0 fully saturated rings. The van der Waals surface area contributed by atoms with Crippen LogP contribution < -0.4 is 19.3 Å². The maximum Gasteiger partial charge on any atom is 0.127 e. The second-order valence-corrected chi connectivity index (χ2v) is 13.8. The Balaban J connectivity index is 1.16. The number of methoxy groups -OCH3 is 2. The van der Waals surface area contributed by atoms with Gasteiger partial charge in [0.25, 0.3) is 0 Å². The number of hydrogen-bond donors (Lipinski definition) is 0. The van der Waals surface area contributed by atoms with E-state index in [0.717, 1.165) is 67.9 Å². The van der Waals surface area contributed by atoms with Crippen LogP contribution in [0, 0.1) is 27.7 Å². The number of ether oxygens (including phenoxy) is 2. The van der Waals surface area contributed by atoms with Crippen LogP contribution >= 0.6 is 0 Å². The first-order chi connectivity index (χ1) is 26.3. The minimum absolute atomic E-state index is 0.772. The molecule has 7 aromatic rings. The Bertz CT molecular complexity index is 2250. The third kappa shape index (κ3) is 7.94. The van der Waals surface area contributed by atoms with Crippen LogP contribution in [0.4, 0.5) is 34.1 Å². The lowest BCUT2D eigenvalue weighted by atomic mass is 10.00. The van der Waals surface area contributed by atoms with Gasteiger partial charge in [0.2, 0.25) is 0 Å². The van der Waals surface area contributed by atoms with Gasteiger partial charge in [-0.15, -0.1) is 0 Å². The molecule has 0 radical (unpaired) electrons. The van der Waals surface area contributed by atoms with Crippen molar-refractivity contribution in [2.45, 2.75) is 27.7 Å². The predicted octanol–water partition coefficient (Wildman–Crippen LogP) is 13.7. The van der Waals surface area contributed by atoms with Crippen molar-refractivity contribution >= 4 is 46.3 Å². The molecule has 0 N–H and O–H groups in total. The lowest BCUT2D eigenvalue weighted by molar-refractivity contribution is 0.403. The zero-order valence-corrected chi connectivity index (χ0v) is 31.9. The summed E-state index contributed by atoms with van der Waals surface area (Å²) in [4.78, 5) is 4.57. The molecule has 7 rings (SSSR count). The summed E-state index contributed by atoms with van der Waals surface area (Å²) < 4.78 is 11.9. The molecule has 0 saturated heterocycles. The molecule has 0 aliphatic rings. The van der Waals surface area contributed by atoms with E-state index in [1.54, 1.807) is 14.2 Å². The van der Waals surface area contributed by atoms with Crippen LogP contribution in [0.3, 0.4) is 0 Å². The fourth-order valence-electron chi connectivity index (χ4n) is 6.66. The van der Waals surface area contributed by atoms with Gasteiger partial charge in [0.05, 0.1) is 14.2 Å².